The van der Waals surface area contributed by atoms with Gasteiger partial charge in [0, 0.05) is 20.3 Å². The van der Waals surface area contributed by atoms with Crippen LogP contribution in [0.4, 0.5) is 0 Å². The van der Waals surface area contributed by atoms with E-state index in [0.29, 0.717) is 6.54 Å². The van der Waals surface area contributed by atoms with Crippen LogP contribution in [0.5, 0.6) is 0 Å². The molecule has 20 heavy (non-hydrogen) atoms. The summed E-state index contributed by atoms with van der Waals surface area (Å²) in [5, 5.41) is 15.4. The number of hydrogen-bond acceptors (Lipinski definition) is 4. The molecular formula is C15H25N3O2. The van der Waals surface area contributed by atoms with Crippen LogP contribution < -0.4 is 11.1 Å². The Morgan fingerprint density at radius 3 is 2.70 bits per heavy atom. The molecule has 4 N–H and O–H groups in total. The number of rotatable bonds is 10. The van der Waals surface area contributed by atoms with Crippen molar-refractivity contribution in [1.29, 1.82) is 0 Å². The van der Waals surface area contributed by atoms with Gasteiger partial charge in [0.2, 0.25) is 0 Å². The number of oxime groups is 1. The van der Waals surface area contributed by atoms with E-state index in [-0.39, 0.29) is 11.8 Å². The molecule has 0 bridgehead atoms. The fourth-order valence-corrected chi connectivity index (χ4v) is 2.07. The first-order chi connectivity index (χ1) is 9.79. The van der Waals surface area contributed by atoms with E-state index < -0.39 is 0 Å². The molecule has 0 amide bonds. The molecule has 5 nitrogen and oxygen atoms in total. The molecule has 0 aliphatic carbocycles. The molecule has 0 radical (unpaired) electrons. The fourth-order valence-electron chi connectivity index (χ4n) is 2.07. The molecular weight excluding hydrogens is 254 g/mol. The molecule has 1 unspecified atom stereocenters. The van der Waals surface area contributed by atoms with Crippen LogP contribution in [-0.2, 0) is 4.74 Å². The van der Waals surface area contributed by atoms with Gasteiger partial charge in [-0.05, 0) is 31.4 Å². The molecule has 0 fully saturated rings. The molecule has 0 saturated carbocycles. The lowest BCUT2D eigenvalue weighted by molar-refractivity contribution is 0.192. The van der Waals surface area contributed by atoms with Crippen molar-refractivity contribution < 1.29 is 9.94 Å². The lowest BCUT2D eigenvalue weighted by Crippen LogP contribution is -2.32. The Morgan fingerprint density at radius 2 is 2.05 bits per heavy atom. The van der Waals surface area contributed by atoms with Gasteiger partial charge in [-0.1, -0.05) is 35.5 Å². The number of methoxy groups -OCH3 is 1. The number of ether oxygens (including phenoxy) is 1. The first-order valence-corrected chi connectivity index (χ1v) is 7.01. The van der Waals surface area contributed by atoms with E-state index >= 15 is 0 Å². The number of unbranched alkanes of at least 4 members (excludes halogenated alkanes) is 2. The standard InChI is InChI=1S/C15H25N3O2/c1-20-11-7-3-6-10-17-12-14(15(16)18-19)13-8-4-2-5-9-13/h2,4-5,8-9,14,17,19H,3,6-7,10-12H2,1H3,(H2,16,18). The Kier molecular flexibility index (Phi) is 8.42. The second-order valence-electron chi connectivity index (χ2n) is 4.75. The van der Waals surface area contributed by atoms with Gasteiger partial charge in [0.1, 0.15) is 5.84 Å². The third-order valence-electron chi connectivity index (χ3n) is 3.22. The van der Waals surface area contributed by atoms with E-state index in [9.17, 15) is 0 Å². The molecule has 5 heteroatoms. The molecule has 0 aliphatic heterocycles. The predicted molar refractivity (Wildman–Crippen MR) is 81.2 cm³/mol. The highest BCUT2D eigenvalue weighted by atomic mass is 16.5. The van der Waals surface area contributed by atoms with Crippen molar-refractivity contribution in [1.82, 2.24) is 5.32 Å². The second kappa shape index (κ2) is 10.2. The predicted octanol–water partition coefficient (Wildman–Crippen LogP) is 1.92. The van der Waals surface area contributed by atoms with Crippen LogP contribution in [0.2, 0.25) is 0 Å². The zero-order valence-electron chi connectivity index (χ0n) is 12.1. The van der Waals surface area contributed by atoms with Gasteiger partial charge in [0.15, 0.2) is 0 Å². The minimum absolute atomic E-state index is 0.0971. The Morgan fingerprint density at radius 1 is 1.30 bits per heavy atom. The summed E-state index contributed by atoms with van der Waals surface area (Å²) in [7, 11) is 1.72. The first-order valence-electron chi connectivity index (χ1n) is 7.01. The van der Waals surface area contributed by atoms with Gasteiger partial charge >= 0.3 is 0 Å². The molecule has 0 saturated heterocycles. The zero-order valence-corrected chi connectivity index (χ0v) is 12.1. The number of hydrogen-bond donors (Lipinski definition) is 3. The summed E-state index contributed by atoms with van der Waals surface area (Å²) in [6.45, 7) is 2.41. The summed E-state index contributed by atoms with van der Waals surface area (Å²) < 4.78 is 5.01. The average Bonchev–Trinajstić information content (AvgIpc) is 2.50. The van der Waals surface area contributed by atoms with E-state index in [1.165, 1.54) is 0 Å². The summed E-state index contributed by atoms with van der Waals surface area (Å²) >= 11 is 0. The van der Waals surface area contributed by atoms with E-state index in [1.807, 2.05) is 30.3 Å². The smallest absolute Gasteiger partial charge is 0.147 e. The van der Waals surface area contributed by atoms with E-state index in [2.05, 4.69) is 10.5 Å². The van der Waals surface area contributed by atoms with Gasteiger partial charge in [-0.3, -0.25) is 0 Å². The number of benzene rings is 1. The molecule has 1 aromatic rings. The molecule has 0 aromatic heterocycles. The third kappa shape index (κ3) is 6.04. The van der Waals surface area contributed by atoms with Gasteiger partial charge < -0.3 is 21.0 Å². The van der Waals surface area contributed by atoms with Crippen LogP contribution in [0.1, 0.15) is 30.7 Å². The fraction of sp³-hybridized carbons (Fsp3) is 0.533. The summed E-state index contributed by atoms with van der Waals surface area (Å²) in [4.78, 5) is 0. The van der Waals surface area contributed by atoms with Gasteiger partial charge in [-0.2, -0.15) is 0 Å². The molecule has 112 valence electrons. The quantitative estimate of drug-likeness (QED) is 0.201. The minimum atomic E-state index is -0.0971. The first kappa shape index (κ1) is 16.5. The average molecular weight is 279 g/mol. The third-order valence-corrected chi connectivity index (χ3v) is 3.22. The van der Waals surface area contributed by atoms with Gasteiger partial charge in [0.05, 0.1) is 5.92 Å². The van der Waals surface area contributed by atoms with Crippen molar-refractivity contribution in [2.75, 3.05) is 26.8 Å². The molecule has 0 aliphatic rings. The Bertz CT molecular complexity index is 382. The van der Waals surface area contributed by atoms with Crippen molar-refractivity contribution in [2.45, 2.75) is 25.2 Å². The Hall–Kier alpha value is -1.59. The monoisotopic (exact) mass is 279 g/mol. The maximum atomic E-state index is 8.89. The summed E-state index contributed by atoms with van der Waals surface area (Å²) in [6.07, 6.45) is 3.32. The van der Waals surface area contributed by atoms with Crippen LogP contribution in [0.3, 0.4) is 0 Å². The van der Waals surface area contributed by atoms with Crippen molar-refractivity contribution in [3.8, 4) is 0 Å². The van der Waals surface area contributed by atoms with Gasteiger partial charge in [0.25, 0.3) is 0 Å². The van der Waals surface area contributed by atoms with Crippen LogP contribution in [0.15, 0.2) is 35.5 Å². The zero-order chi connectivity index (χ0) is 14.6. The normalized spacial score (nSPS) is 13.3. The number of nitrogens with two attached hydrogens (primary N) is 1. The minimum Gasteiger partial charge on any atom is -0.409 e. The molecule has 1 atom stereocenters. The summed E-state index contributed by atoms with van der Waals surface area (Å²) in [5.41, 5.74) is 6.82. The van der Waals surface area contributed by atoms with E-state index in [4.69, 9.17) is 15.7 Å². The maximum absolute atomic E-state index is 8.89. The maximum Gasteiger partial charge on any atom is 0.147 e. The van der Waals surface area contributed by atoms with Gasteiger partial charge in [-0.15, -0.1) is 0 Å². The van der Waals surface area contributed by atoms with Crippen LogP contribution in [0, 0.1) is 0 Å². The highest BCUT2D eigenvalue weighted by molar-refractivity contribution is 5.87. The molecule has 0 spiro atoms. The Labute approximate surface area is 120 Å². The summed E-state index contributed by atoms with van der Waals surface area (Å²) in [6, 6.07) is 9.84. The molecule has 0 heterocycles. The van der Waals surface area contributed by atoms with Crippen molar-refractivity contribution in [2.24, 2.45) is 10.9 Å². The van der Waals surface area contributed by atoms with Crippen molar-refractivity contribution >= 4 is 5.84 Å². The highest BCUT2D eigenvalue weighted by Gasteiger charge is 2.15. The lowest BCUT2D eigenvalue weighted by atomic mass is 9.98. The molecule has 1 aromatic carbocycles. The number of nitrogens with zero attached hydrogens (tertiary/aromatic N) is 1. The Balaban J connectivity index is 2.36. The SMILES string of the molecule is COCCCCCNCC(/C(N)=N/O)c1ccccc1. The number of amidine groups is 1. The van der Waals surface area contributed by atoms with E-state index in [1.54, 1.807) is 7.11 Å². The van der Waals surface area contributed by atoms with Crippen LogP contribution >= 0.6 is 0 Å². The largest absolute Gasteiger partial charge is 0.409 e. The highest BCUT2D eigenvalue weighted by Crippen LogP contribution is 2.14. The van der Waals surface area contributed by atoms with Crippen molar-refractivity contribution in [3.63, 3.8) is 0 Å². The second-order valence-corrected chi connectivity index (χ2v) is 4.75. The number of nitrogens with one attached hydrogen (secondary N) is 1. The lowest BCUT2D eigenvalue weighted by Gasteiger charge is -2.16. The van der Waals surface area contributed by atoms with Gasteiger partial charge in [-0.25, -0.2) is 0 Å². The topological polar surface area (TPSA) is 79.9 Å². The molecule has 1 rings (SSSR count). The van der Waals surface area contributed by atoms with E-state index in [0.717, 1.165) is 38.0 Å². The van der Waals surface area contributed by atoms with Crippen molar-refractivity contribution in [3.05, 3.63) is 35.9 Å². The summed E-state index contributed by atoms with van der Waals surface area (Å²) in [5.74, 6) is 0.142. The van der Waals surface area contributed by atoms with Crippen LogP contribution in [0.25, 0.3) is 0 Å². The van der Waals surface area contributed by atoms with Crippen LogP contribution in [-0.4, -0.2) is 37.8 Å².